The van der Waals surface area contributed by atoms with E-state index in [1.165, 1.54) is 23.8 Å². The molecule has 174 valence electrons. The molecule has 2 N–H and O–H groups in total. The number of oxime groups is 2. The molecule has 2 aromatic carbocycles. The minimum atomic E-state index is -1.14. The standard InChI is InChI=1S/C23H19N3O7S/c1-31-15-8-6-14(7-9-15)22-16(10-24-32-12-20(27)28)23-26(17-4-2-3-5-19(17)34-23)18(22)11-25-33-13-21(29)30/h2-11H,12-13H2,1H3,(H,27,28)(H,29,30). The second-order valence-corrected chi connectivity index (χ2v) is 7.95. The minimum Gasteiger partial charge on any atom is -0.497 e. The molecule has 0 unspecified atom stereocenters. The van der Waals surface area contributed by atoms with Gasteiger partial charge in [0.2, 0.25) is 13.2 Å². The van der Waals surface area contributed by atoms with Gasteiger partial charge in [-0.15, -0.1) is 11.3 Å². The molecular formula is C23H19N3O7S. The lowest BCUT2D eigenvalue weighted by atomic mass is 10.0. The average Bonchev–Trinajstić information content (AvgIpc) is 3.34. The Hall–Kier alpha value is -4.38. The zero-order valence-electron chi connectivity index (χ0n) is 17.9. The highest BCUT2D eigenvalue weighted by Gasteiger charge is 2.22. The quantitative estimate of drug-likeness (QED) is 0.261. The number of ether oxygens (including phenoxy) is 1. The van der Waals surface area contributed by atoms with E-state index in [-0.39, 0.29) is 0 Å². The van der Waals surface area contributed by atoms with Gasteiger partial charge >= 0.3 is 11.9 Å². The topological polar surface area (TPSA) is 131 Å². The zero-order chi connectivity index (χ0) is 24.1. The smallest absolute Gasteiger partial charge is 0.344 e. The van der Waals surface area contributed by atoms with Crippen LogP contribution < -0.4 is 4.74 Å². The predicted octanol–water partition coefficient (Wildman–Crippen LogP) is 3.70. The van der Waals surface area contributed by atoms with Gasteiger partial charge in [-0.25, -0.2) is 9.59 Å². The maximum Gasteiger partial charge on any atom is 0.344 e. The highest BCUT2D eigenvalue weighted by Crippen LogP contribution is 2.39. The number of fused-ring (bicyclic) bond motifs is 3. The van der Waals surface area contributed by atoms with Crippen molar-refractivity contribution in [3.8, 4) is 16.9 Å². The Labute approximate surface area is 196 Å². The van der Waals surface area contributed by atoms with E-state index in [9.17, 15) is 9.59 Å². The van der Waals surface area contributed by atoms with Crippen molar-refractivity contribution in [1.29, 1.82) is 0 Å². The second-order valence-electron chi connectivity index (χ2n) is 6.92. The number of hydrogen-bond acceptors (Lipinski definition) is 8. The first-order chi connectivity index (χ1) is 16.5. The Morgan fingerprint density at radius 3 is 2.26 bits per heavy atom. The van der Waals surface area contributed by atoms with Crippen LogP contribution in [0.15, 0.2) is 58.8 Å². The van der Waals surface area contributed by atoms with E-state index in [1.54, 1.807) is 7.11 Å². The van der Waals surface area contributed by atoms with Gasteiger partial charge in [0.05, 0.1) is 35.4 Å². The Bertz CT molecular complexity index is 1400. The first kappa shape index (κ1) is 22.8. The molecule has 4 aromatic rings. The van der Waals surface area contributed by atoms with Crippen LogP contribution in [0.2, 0.25) is 0 Å². The van der Waals surface area contributed by atoms with Crippen molar-refractivity contribution in [1.82, 2.24) is 4.40 Å². The van der Waals surface area contributed by atoms with E-state index >= 15 is 0 Å². The molecule has 0 atom stereocenters. The largest absolute Gasteiger partial charge is 0.497 e. The summed E-state index contributed by atoms with van der Waals surface area (Å²) in [6.45, 7) is -1.15. The van der Waals surface area contributed by atoms with Crippen LogP contribution in [-0.2, 0) is 19.3 Å². The van der Waals surface area contributed by atoms with Gasteiger partial charge in [0.25, 0.3) is 0 Å². The van der Waals surface area contributed by atoms with Crippen LogP contribution in [-0.4, -0.2) is 59.3 Å². The number of para-hydroxylation sites is 1. The lowest BCUT2D eigenvalue weighted by Gasteiger charge is -2.06. The van der Waals surface area contributed by atoms with Crippen molar-refractivity contribution in [3.05, 3.63) is 59.8 Å². The first-order valence-electron chi connectivity index (χ1n) is 9.94. The van der Waals surface area contributed by atoms with Crippen molar-refractivity contribution in [2.75, 3.05) is 20.3 Å². The van der Waals surface area contributed by atoms with Crippen molar-refractivity contribution in [2.24, 2.45) is 10.3 Å². The van der Waals surface area contributed by atoms with Gasteiger partial charge in [-0.2, -0.15) is 0 Å². The summed E-state index contributed by atoms with van der Waals surface area (Å²) < 4.78 is 8.23. The van der Waals surface area contributed by atoms with Gasteiger partial charge in [0, 0.05) is 11.1 Å². The van der Waals surface area contributed by atoms with Gasteiger partial charge in [-0.3, -0.25) is 4.40 Å². The zero-order valence-corrected chi connectivity index (χ0v) is 18.7. The third-order valence-corrected chi connectivity index (χ3v) is 5.93. The maximum atomic E-state index is 10.8. The van der Waals surface area contributed by atoms with Gasteiger partial charge in [-0.1, -0.05) is 34.6 Å². The van der Waals surface area contributed by atoms with E-state index < -0.39 is 25.2 Å². The van der Waals surface area contributed by atoms with Gasteiger partial charge in [0.1, 0.15) is 10.6 Å². The number of carboxylic acids is 2. The minimum absolute atomic E-state index is 0.574. The summed E-state index contributed by atoms with van der Waals surface area (Å²) in [6, 6.07) is 15.1. The lowest BCUT2D eigenvalue weighted by molar-refractivity contribution is -0.143. The molecule has 0 aliphatic heterocycles. The molecule has 0 saturated heterocycles. The number of nitrogens with zero attached hydrogens (tertiary/aromatic N) is 3. The molecule has 0 saturated carbocycles. The number of aromatic nitrogens is 1. The van der Waals surface area contributed by atoms with Gasteiger partial charge in [0.15, 0.2) is 0 Å². The molecule has 0 aliphatic rings. The van der Waals surface area contributed by atoms with Crippen molar-refractivity contribution >= 4 is 50.8 Å². The van der Waals surface area contributed by atoms with Crippen LogP contribution >= 0.6 is 11.3 Å². The third kappa shape index (κ3) is 4.69. The summed E-state index contributed by atoms with van der Waals surface area (Å²) >= 11 is 1.51. The fourth-order valence-electron chi connectivity index (χ4n) is 3.42. The normalized spacial score (nSPS) is 11.6. The van der Waals surface area contributed by atoms with Crippen LogP contribution in [0.4, 0.5) is 0 Å². The third-order valence-electron chi connectivity index (χ3n) is 4.77. The van der Waals surface area contributed by atoms with E-state index in [2.05, 4.69) is 10.3 Å². The lowest BCUT2D eigenvalue weighted by Crippen LogP contribution is -2.04. The molecule has 34 heavy (non-hydrogen) atoms. The number of aliphatic carboxylic acids is 2. The first-order valence-corrected chi connectivity index (χ1v) is 10.8. The number of carboxylic acid groups (broad SMARTS) is 2. The van der Waals surface area contributed by atoms with Crippen LogP contribution in [0.3, 0.4) is 0 Å². The molecule has 0 aliphatic carbocycles. The summed E-state index contributed by atoms with van der Waals surface area (Å²) in [5.41, 5.74) is 3.74. The molecule has 4 rings (SSSR count). The molecule has 0 fully saturated rings. The number of hydrogen-bond donors (Lipinski definition) is 2. The second kappa shape index (κ2) is 10.0. The monoisotopic (exact) mass is 481 g/mol. The number of thiazole rings is 1. The molecule has 2 aromatic heterocycles. The van der Waals surface area contributed by atoms with Crippen LogP contribution in [0.1, 0.15) is 11.3 Å². The van der Waals surface area contributed by atoms with Crippen molar-refractivity contribution in [2.45, 2.75) is 0 Å². The fourth-order valence-corrected chi connectivity index (χ4v) is 4.60. The van der Waals surface area contributed by atoms with Gasteiger partial charge < -0.3 is 24.6 Å². The summed E-state index contributed by atoms with van der Waals surface area (Å²) in [6.07, 6.45) is 2.91. The summed E-state index contributed by atoms with van der Waals surface area (Å²) in [5, 5.41) is 25.4. The Morgan fingerprint density at radius 1 is 0.971 bits per heavy atom. The molecule has 0 radical (unpaired) electrons. The van der Waals surface area contributed by atoms with Gasteiger partial charge in [-0.05, 0) is 29.8 Å². The molecular weight excluding hydrogens is 462 g/mol. The fraction of sp³-hybridized carbons (Fsp3) is 0.130. The number of carbonyl (C=O) groups is 2. The highest BCUT2D eigenvalue weighted by molar-refractivity contribution is 7.24. The molecule has 0 spiro atoms. The molecule has 2 heterocycles. The van der Waals surface area contributed by atoms with Crippen molar-refractivity contribution < 1.29 is 34.2 Å². The molecule has 10 nitrogen and oxygen atoms in total. The highest BCUT2D eigenvalue weighted by atomic mass is 32.1. The Kier molecular flexibility index (Phi) is 6.74. The van der Waals surface area contributed by atoms with E-state index in [0.29, 0.717) is 17.0 Å². The summed E-state index contributed by atoms with van der Waals surface area (Å²) in [7, 11) is 1.57. The maximum absolute atomic E-state index is 10.8. The molecule has 0 bridgehead atoms. The number of rotatable bonds is 10. The van der Waals surface area contributed by atoms with E-state index in [0.717, 1.165) is 26.2 Å². The summed E-state index contributed by atoms with van der Waals surface area (Å²) in [5.74, 6) is -1.60. The number of benzene rings is 2. The van der Waals surface area contributed by atoms with Crippen LogP contribution in [0.25, 0.3) is 26.2 Å². The SMILES string of the molecule is COc1ccc(-c2c(C=NOCC(=O)O)c3sc4ccccc4n3c2C=NOCC(=O)O)cc1. The summed E-state index contributed by atoms with van der Waals surface area (Å²) in [4.78, 5) is 32.3. The molecule has 0 amide bonds. The van der Waals surface area contributed by atoms with E-state index in [4.69, 9.17) is 24.6 Å². The van der Waals surface area contributed by atoms with Crippen LogP contribution in [0, 0.1) is 0 Å². The van der Waals surface area contributed by atoms with E-state index in [1.807, 2.05) is 52.9 Å². The predicted molar refractivity (Wildman–Crippen MR) is 127 cm³/mol. The molecule has 11 heteroatoms. The van der Waals surface area contributed by atoms with Crippen LogP contribution in [0.5, 0.6) is 5.75 Å². The average molecular weight is 481 g/mol. The number of methoxy groups -OCH3 is 1. The van der Waals surface area contributed by atoms with Crippen molar-refractivity contribution in [3.63, 3.8) is 0 Å². The Morgan fingerprint density at radius 2 is 1.62 bits per heavy atom. The Balaban J connectivity index is 1.94.